The zero-order valence-electron chi connectivity index (χ0n) is 13.2. The molecule has 0 spiro atoms. The van der Waals surface area contributed by atoms with Crippen LogP contribution in [0.25, 0.3) is 22.0 Å². The molecule has 0 aliphatic carbocycles. The van der Waals surface area contributed by atoms with E-state index in [1.54, 1.807) is 0 Å². The van der Waals surface area contributed by atoms with E-state index in [-0.39, 0.29) is 0 Å². The lowest BCUT2D eigenvalue weighted by molar-refractivity contribution is -0.676. The van der Waals surface area contributed by atoms with Gasteiger partial charge in [-0.2, -0.15) is 4.57 Å². The molecule has 1 heterocycles. The highest BCUT2D eigenvalue weighted by Crippen LogP contribution is 2.26. The Morgan fingerprint density at radius 3 is 2.21 bits per heavy atom. The Bertz CT molecular complexity index is 976. The highest BCUT2D eigenvalue weighted by molar-refractivity contribution is 9.10. The summed E-state index contributed by atoms with van der Waals surface area (Å²) < 4.78 is 3.43. The third kappa shape index (κ3) is 2.98. The molecule has 0 unspecified atom stereocenters. The SMILES string of the molecule is Brc1ccc(-c2c3ccccc3cc[n+]2Cc2ccccc2)cc1. The smallest absolute Gasteiger partial charge is 0.193 e. The Labute approximate surface area is 150 Å². The van der Waals surface area contributed by atoms with Gasteiger partial charge in [0.25, 0.3) is 0 Å². The molecule has 4 rings (SSSR count). The van der Waals surface area contributed by atoms with E-state index in [4.69, 9.17) is 0 Å². The number of halogens is 1. The van der Waals surface area contributed by atoms with Gasteiger partial charge in [0, 0.05) is 21.7 Å². The van der Waals surface area contributed by atoms with Gasteiger partial charge in [-0.1, -0.05) is 64.5 Å². The summed E-state index contributed by atoms with van der Waals surface area (Å²) in [6.07, 6.45) is 2.19. The molecule has 116 valence electrons. The molecule has 0 N–H and O–H groups in total. The van der Waals surface area contributed by atoms with Crippen molar-refractivity contribution in [2.24, 2.45) is 0 Å². The van der Waals surface area contributed by atoms with Gasteiger partial charge in [0.05, 0.1) is 5.39 Å². The Morgan fingerprint density at radius 1 is 0.708 bits per heavy atom. The van der Waals surface area contributed by atoms with Gasteiger partial charge in [-0.3, -0.25) is 0 Å². The van der Waals surface area contributed by atoms with Gasteiger partial charge in [-0.15, -0.1) is 0 Å². The molecular weight excluding hydrogens is 358 g/mol. The van der Waals surface area contributed by atoms with Crippen LogP contribution in [0.2, 0.25) is 0 Å². The number of nitrogens with zero attached hydrogens (tertiary/aromatic N) is 1. The minimum absolute atomic E-state index is 0.858. The second-order valence-electron chi connectivity index (χ2n) is 5.87. The Hall–Kier alpha value is -2.45. The summed E-state index contributed by atoms with van der Waals surface area (Å²) in [5.41, 5.74) is 3.78. The summed E-state index contributed by atoms with van der Waals surface area (Å²) in [5.74, 6) is 0. The van der Waals surface area contributed by atoms with E-state index < -0.39 is 0 Å². The van der Waals surface area contributed by atoms with Gasteiger partial charge < -0.3 is 0 Å². The number of pyridine rings is 1. The third-order valence-electron chi connectivity index (χ3n) is 4.25. The summed E-state index contributed by atoms with van der Waals surface area (Å²) >= 11 is 3.53. The molecule has 0 radical (unpaired) electrons. The van der Waals surface area contributed by atoms with Crippen LogP contribution in [0.4, 0.5) is 0 Å². The van der Waals surface area contributed by atoms with Crippen LogP contribution in [-0.2, 0) is 6.54 Å². The first-order valence-corrected chi connectivity index (χ1v) is 8.81. The first-order chi connectivity index (χ1) is 11.8. The van der Waals surface area contributed by atoms with Gasteiger partial charge in [0.15, 0.2) is 12.7 Å². The van der Waals surface area contributed by atoms with Crippen molar-refractivity contribution < 1.29 is 4.57 Å². The third-order valence-corrected chi connectivity index (χ3v) is 4.78. The van der Waals surface area contributed by atoms with Crippen molar-refractivity contribution in [1.82, 2.24) is 0 Å². The second kappa shape index (κ2) is 6.58. The molecule has 4 aromatic rings. The monoisotopic (exact) mass is 374 g/mol. The van der Waals surface area contributed by atoms with Crippen LogP contribution in [-0.4, -0.2) is 0 Å². The van der Waals surface area contributed by atoms with Crippen LogP contribution in [0.3, 0.4) is 0 Å². The van der Waals surface area contributed by atoms with Crippen LogP contribution in [0.1, 0.15) is 5.56 Å². The number of rotatable bonds is 3. The van der Waals surface area contributed by atoms with Crippen molar-refractivity contribution in [3.05, 3.63) is 101 Å². The maximum Gasteiger partial charge on any atom is 0.220 e. The van der Waals surface area contributed by atoms with Gasteiger partial charge in [0.1, 0.15) is 0 Å². The van der Waals surface area contributed by atoms with Crippen LogP contribution < -0.4 is 4.57 Å². The van der Waals surface area contributed by atoms with Crippen LogP contribution >= 0.6 is 15.9 Å². The van der Waals surface area contributed by atoms with E-state index in [0.717, 1.165) is 11.0 Å². The fourth-order valence-electron chi connectivity index (χ4n) is 3.10. The highest BCUT2D eigenvalue weighted by atomic mass is 79.9. The Balaban J connectivity index is 1.92. The van der Waals surface area contributed by atoms with Gasteiger partial charge >= 0.3 is 0 Å². The van der Waals surface area contributed by atoms with Crippen molar-refractivity contribution >= 4 is 26.7 Å². The van der Waals surface area contributed by atoms with Crippen molar-refractivity contribution in [2.45, 2.75) is 6.54 Å². The van der Waals surface area contributed by atoms with E-state index >= 15 is 0 Å². The molecule has 0 aliphatic rings. The quantitative estimate of drug-likeness (QED) is 0.410. The van der Waals surface area contributed by atoms with E-state index in [1.165, 1.54) is 27.6 Å². The average molecular weight is 375 g/mol. The molecule has 0 amide bonds. The number of benzene rings is 3. The first-order valence-electron chi connectivity index (χ1n) is 8.02. The molecule has 0 atom stereocenters. The number of hydrogen-bond donors (Lipinski definition) is 0. The van der Waals surface area contributed by atoms with Crippen molar-refractivity contribution in [1.29, 1.82) is 0 Å². The van der Waals surface area contributed by atoms with E-state index in [1.807, 2.05) is 0 Å². The summed E-state index contributed by atoms with van der Waals surface area (Å²) in [6, 6.07) is 29.9. The normalized spacial score (nSPS) is 10.9. The molecule has 0 aliphatic heterocycles. The van der Waals surface area contributed by atoms with Crippen LogP contribution in [0, 0.1) is 0 Å². The standard InChI is InChI=1S/C22H17BrN/c23-20-12-10-19(11-13-20)22-21-9-5-4-8-18(21)14-15-24(22)16-17-6-2-1-3-7-17/h1-15H,16H2/q+1. The number of aromatic nitrogens is 1. The maximum absolute atomic E-state index is 3.53. The topological polar surface area (TPSA) is 3.88 Å². The lowest BCUT2D eigenvalue weighted by atomic mass is 10.0. The first kappa shape index (κ1) is 15.1. The van der Waals surface area contributed by atoms with E-state index in [0.29, 0.717) is 0 Å². The minimum atomic E-state index is 0.858. The van der Waals surface area contributed by atoms with Crippen molar-refractivity contribution in [3.8, 4) is 11.3 Å². The molecule has 24 heavy (non-hydrogen) atoms. The second-order valence-corrected chi connectivity index (χ2v) is 6.79. The van der Waals surface area contributed by atoms with Gasteiger partial charge in [-0.25, -0.2) is 0 Å². The van der Waals surface area contributed by atoms with Gasteiger partial charge in [0.2, 0.25) is 5.69 Å². The van der Waals surface area contributed by atoms with Gasteiger partial charge in [-0.05, 0) is 35.7 Å². The number of fused-ring (bicyclic) bond motifs is 1. The molecule has 1 nitrogen and oxygen atoms in total. The Kier molecular flexibility index (Phi) is 4.14. The summed E-state index contributed by atoms with van der Waals surface area (Å²) in [6.45, 7) is 0.858. The fourth-order valence-corrected chi connectivity index (χ4v) is 3.36. The summed E-state index contributed by atoms with van der Waals surface area (Å²) in [5, 5.41) is 2.54. The summed E-state index contributed by atoms with van der Waals surface area (Å²) in [4.78, 5) is 0. The highest BCUT2D eigenvalue weighted by Gasteiger charge is 2.17. The average Bonchev–Trinajstić information content (AvgIpc) is 2.63. The predicted molar refractivity (Wildman–Crippen MR) is 103 cm³/mol. The maximum atomic E-state index is 3.53. The Morgan fingerprint density at radius 2 is 1.42 bits per heavy atom. The van der Waals surface area contributed by atoms with Crippen molar-refractivity contribution in [3.63, 3.8) is 0 Å². The molecule has 1 aromatic heterocycles. The predicted octanol–water partition coefficient (Wildman–Crippen LogP) is 5.61. The molecule has 0 saturated carbocycles. The molecule has 0 saturated heterocycles. The molecular formula is C22H17BrN+. The zero-order chi connectivity index (χ0) is 16.4. The fraction of sp³-hybridized carbons (Fsp3) is 0.0455. The van der Waals surface area contributed by atoms with Crippen LogP contribution in [0.5, 0.6) is 0 Å². The molecule has 3 aromatic carbocycles. The van der Waals surface area contributed by atoms with E-state index in [2.05, 4.69) is 112 Å². The minimum Gasteiger partial charge on any atom is -0.193 e. The molecule has 0 bridgehead atoms. The van der Waals surface area contributed by atoms with Crippen LogP contribution in [0.15, 0.2) is 95.6 Å². The molecule has 0 fully saturated rings. The van der Waals surface area contributed by atoms with Crippen molar-refractivity contribution in [2.75, 3.05) is 0 Å². The largest absolute Gasteiger partial charge is 0.220 e. The summed E-state index contributed by atoms with van der Waals surface area (Å²) in [7, 11) is 0. The van der Waals surface area contributed by atoms with E-state index in [9.17, 15) is 0 Å². The lowest BCUT2D eigenvalue weighted by Crippen LogP contribution is -2.36. The molecule has 2 heteroatoms. The number of hydrogen-bond acceptors (Lipinski definition) is 0. The zero-order valence-corrected chi connectivity index (χ0v) is 14.8. The lowest BCUT2D eigenvalue weighted by Gasteiger charge is -2.08.